The summed E-state index contributed by atoms with van der Waals surface area (Å²) >= 11 is 0. The highest BCUT2D eigenvalue weighted by Crippen LogP contribution is 2.35. The van der Waals surface area contributed by atoms with Crippen LogP contribution in [0.1, 0.15) is 25.7 Å². The lowest BCUT2D eigenvalue weighted by molar-refractivity contribution is -0.0518. The fraction of sp³-hybridized carbons (Fsp3) is 0.474. The average Bonchev–Trinajstić information content (AvgIpc) is 3.35. The van der Waals surface area contributed by atoms with E-state index in [-0.39, 0.29) is 6.29 Å². The minimum absolute atomic E-state index is 0.0619. The predicted octanol–water partition coefficient (Wildman–Crippen LogP) is 4.18. The fourth-order valence-electron chi connectivity index (χ4n) is 3.26. The van der Waals surface area contributed by atoms with Crippen LogP contribution < -0.4 is 4.74 Å². The van der Waals surface area contributed by atoms with Crippen molar-refractivity contribution in [3.63, 3.8) is 0 Å². The molecule has 0 amide bonds. The van der Waals surface area contributed by atoms with Crippen molar-refractivity contribution in [3.8, 4) is 5.75 Å². The van der Waals surface area contributed by atoms with Gasteiger partial charge < -0.3 is 14.0 Å². The molecule has 0 aromatic heterocycles. The lowest BCUT2D eigenvalue weighted by atomic mass is 10.1. The monoisotopic (exact) mass is 450 g/mol. The number of halogens is 3. The van der Waals surface area contributed by atoms with E-state index in [9.17, 15) is 13.2 Å². The molecule has 0 radical (unpaired) electrons. The summed E-state index contributed by atoms with van der Waals surface area (Å²) in [6, 6.07) is 13.1. The standard InChI is InChI=1S/C18H21O2S.CHF3O3S/c1-2-7-15-14(6-1)16(20-18-8-5-11-19-18)9-10-17(15)21-12-3-4-13-21;2-1(3,4)8(5,6)7/h1-2,6-7,9-10,18H,3-5,8,11-13H2;(H,5,6,7)/q+1;/p-1. The number of hydrogen-bond acceptors (Lipinski definition) is 5. The van der Waals surface area contributed by atoms with E-state index in [2.05, 4.69) is 36.4 Å². The van der Waals surface area contributed by atoms with Gasteiger partial charge in [0.2, 0.25) is 0 Å². The molecule has 0 spiro atoms. The number of ether oxygens (including phenoxy) is 2. The van der Waals surface area contributed by atoms with Crippen LogP contribution in [-0.2, 0) is 25.7 Å². The molecule has 5 nitrogen and oxygen atoms in total. The van der Waals surface area contributed by atoms with Crippen molar-refractivity contribution in [2.45, 2.75) is 42.4 Å². The summed E-state index contributed by atoms with van der Waals surface area (Å²) in [5.41, 5.74) is -5.65. The zero-order valence-corrected chi connectivity index (χ0v) is 17.1. The maximum absolute atomic E-state index is 10.7. The summed E-state index contributed by atoms with van der Waals surface area (Å²) in [6.45, 7) is 0.824. The van der Waals surface area contributed by atoms with Crippen LogP contribution in [0.5, 0.6) is 5.75 Å². The molecule has 2 heterocycles. The minimum atomic E-state index is -6.09. The molecule has 0 bridgehead atoms. The molecule has 2 saturated heterocycles. The lowest BCUT2D eigenvalue weighted by Crippen LogP contribution is -2.21. The molecule has 2 aliphatic heterocycles. The van der Waals surface area contributed by atoms with Gasteiger partial charge in [-0.1, -0.05) is 18.2 Å². The molecule has 2 aliphatic rings. The van der Waals surface area contributed by atoms with Crippen molar-refractivity contribution < 1.29 is 35.6 Å². The number of rotatable bonds is 3. The van der Waals surface area contributed by atoms with E-state index in [0.29, 0.717) is 10.9 Å². The molecule has 2 fully saturated rings. The Labute approximate surface area is 170 Å². The smallest absolute Gasteiger partial charge is 0.485 e. The van der Waals surface area contributed by atoms with E-state index in [1.807, 2.05) is 0 Å². The first-order valence-corrected chi connectivity index (χ1v) is 12.1. The summed E-state index contributed by atoms with van der Waals surface area (Å²) in [4.78, 5) is 1.53. The van der Waals surface area contributed by atoms with E-state index in [0.717, 1.165) is 25.2 Å². The predicted molar refractivity (Wildman–Crippen MR) is 104 cm³/mol. The first-order chi connectivity index (χ1) is 13.7. The Bertz CT molecular complexity index is 935. The summed E-state index contributed by atoms with van der Waals surface area (Å²) in [7, 11) is -5.65. The molecule has 10 heteroatoms. The van der Waals surface area contributed by atoms with Gasteiger partial charge in [0, 0.05) is 28.1 Å². The van der Waals surface area contributed by atoms with Gasteiger partial charge in [0.05, 0.1) is 6.61 Å². The third-order valence-corrected chi connectivity index (χ3v) is 7.72. The molecule has 2 aromatic rings. The Hall–Kier alpha value is -1.49. The maximum Gasteiger partial charge on any atom is 0.485 e. The van der Waals surface area contributed by atoms with E-state index in [4.69, 9.17) is 22.4 Å². The number of fused-ring (bicyclic) bond motifs is 1. The van der Waals surface area contributed by atoms with Crippen molar-refractivity contribution in [2.75, 3.05) is 18.1 Å². The third kappa shape index (κ3) is 5.56. The zero-order chi connectivity index (χ0) is 21.1. The van der Waals surface area contributed by atoms with E-state index >= 15 is 0 Å². The van der Waals surface area contributed by atoms with Gasteiger partial charge in [0.15, 0.2) is 21.3 Å². The average molecular weight is 451 g/mol. The minimum Gasteiger partial charge on any atom is -0.741 e. The molecular formula is C19H21F3O5S2. The van der Waals surface area contributed by atoms with Gasteiger partial charge in [0.25, 0.3) is 0 Å². The molecule has 4 rings (SSSR count). The Balaban J connectivity index is 0.000000258. The van der Waals surface area contributed by atoms with Crippen LogP contribution in [0.15, 0.2) is 41.3 Å². The first-order valence-electron chi connectivity index (χ1n) is 9.16. The van der Waals surface area contributed by atoms with Crippen LogP contribution in [0.2, 0.25) is 0 Å². The third-order valence-electron chi connectivity index (χ3n) is 4.62. The Morgan fingerprint density at radius 2 is 1.66 bits per heavy atom. The second-order valence-corrected chi connectivity index (χ2v) is 10.3. The van der Waals surface area contributed by atoms with Crippen LogP contribution in [0.4, 0.5) is 13.2 Å². The Morgan fingerprint density at radius 3 is 2.21 bits per heavy atom. The van der Waals surface area contributed by atoms with Crippen molar-refractivity contribution in [1.82, 2.24) is 0 Å². The Morgan fingerprint density at radius 1 is 1.03 bits per heavy atom. The van der Waals surface area contributed by atoms with E-state index < -0.39 is 15.6 Å². The van der Waals surface area contributed by atoms with Gasteiger partial charge in [-0.25, -0.2) is 8.42 Å². The molecule has 160 valence electrons. The molecule has 0 aliphatic carbocycles. The highest BCUT2D eigenvalue weighted by molar-refractivity contribution is 7.97. The van der Waals surface area contributed by atoms with Gasteiger partial charge in [-0.3, -0.25) is 0 Å². The molecule has 0 saturated carbocycles. The largest absolute Gasteiger partial charge is 0.741 e. The maximum atomic E-state index is 10.7. The van der Waals surface area contributed by atoms with Crippen LogP contribution in [-0.4, -0.2) is 42.9 Å². The highest BCUT2D eigenvalue weighted by Gasteiger charge is 2.37. The summed E-state index contributed by atoms with van der Waals surface area (Å²) in [5, 5.41) is 2.61. The molecule has 29 heavy (non-hydrogen) atoms. The van der Waals surface area contributed by atoms with Gasteiger partial charge in [-0.2, -0.15) is 13.2 Å². The van der Waals surface area contributed by atoms with Gasteiger partial charge in [-0.15, -0.1) is 0 Å². The second-order valence-electron chi connectivity index (χ2n) is 6.68. The first kappa shape index (κ1) is 22.2. The van der Waals surface area contributed by atoms with Crippen molar-refractivity contribution in [3.05, 3.63) is 36.4 Å². The molecular weight excluding hydrogens is 429 g/mol. The fourth-order valence-corrected chi connectivity index (χ4v) is 5.75. The van der Waals surface area contributed by atoms with Crippen molar-refractivity contribution >= 4 is 31.8 Å². The molecule has 2 aromatic carbocycles. The van der Waals surface area contributed by atoms with Crippen LogP contribution in [0.25, 0.3) is 10.8 Å². The van der Waals surface area contributed by atoms with Crippen molar-refractivity contribution in [1.29, 1.82) is 0 Å². The Kier molecular flexibility index (Phi) is 6.98. The SMILES string of the molecule is O=S(=O)([O-])C(F)(F)F.c1ccc2c([S+]3CCCC3)ccc(OC3CCCO3)c2c1. The molecule has 1 unspecified atom stereocenters. The number of benzene rings is 2. The summed E-state index contributed by atoms with van der Waals surface area (Å²) in [6.07, 6.45) is 4.80. The molecule has 1 atom stereocenters. The van der Waals surface area contributed by atoms with E-state index in [1.54, 1.807) is 0 Å². The number of hydrogen-bond donors (Lipinski definition) is 0. The summed E-state index contributed by atoms with van der Waals surface area (Å²) in [5.74, 6) is 3.69. The van der Waals surface area contributed by atoms with Crippen molar-refractivity contribution in [2.24, 2.45) is 0 Å². The van der Waals surface area contributed by atoms with Gasteiger partial charge in [0.1, 0.15) is 17.3 Å². The van der Waals surface area contributed by atoms with Crippen LogP contribution in [0.3, 0.4) is 0 Å². The molecule has 0 N–H and O–H groups in total. The van der Waals surface area contributed by atoms with Gasteiger partial charge in [-0.05, 0) is 37.5 Å². The normalized spacial score (nSPS) is 20.5. The quantitative estimate of drug-likeness (QED) is 0.398. The topological polar surface area (TPSA) is 75.7 Å². The zero-order valence-electron chi connectivity index (χ0n) is 15.5. The number of alkyl halides is 3. The van der Waals surface area contributed by atoms with Crippen LogP contribution >= 0.6 is 0 Å². The highest BCUT2D eigenvalue weighted by atomic mass is 32.2. The lowest BCUT2D eigenvalue weighted by Gasteiger charge is -2.15. The summed E-state index contributed by atoms with van der Waals surface area (Å²) < 4.78 is 70.6. The second kappa shape index (κ2) is 9.11. The van der Waals surface area contributed by atoms with Gasteiger partial charge >= 0.3 is 5.51 Å². The van der Waals surface area contributed by atoms with E-state index in [1.165, 1.54) is 40.0 Å². The van der Waals surface area contributed by atoms with Crippen LogP contribution in [0, 0.1) is 0 Å².